The summed E-state index contributed by atoms with van der Waals surface area (Å²) in [5.74, 6) is -3.24. The zero-order valence-electron chi connectivity index (χ0n) is 6.73. The van der Waals surface area contributed by atoms with Crippen molar-refractivity contribution in [1.29, 1.82) is 0 Å². The minimum absolute atomic E-state index is 0.372. The Morgan fingerprint density at radius 3 is 2.50 bits per heavy atom. The lowest BCUT2D eigenvalue weighted by Gasteiger charge is -2.13. The number of carbonyl (C=O) groups excluding carboxylic acids is 1. The summed E-state index contributed by atoms with van der Waals surface area (Å²) in [6.07, 6.45) is 0. The van der Waals surface area contributed by atoms with Gasteiger partial charge in [-0.05, 0) is 6.92 Å². The van der Waals surface area contributed by atoms with Gasteiger partial charge in [-0.15, -0.1) is 0 Å². The molecule has 4 nitrogen and oxygen atoms in total. The highest BCUT2D eigenvalue weighted by Gasteiger charge is 2.27. The summed E-state index contributed by atoms with van der Waals surface area (Å²) >= 11 is 0. The van der Waals surface area contributed by atoms with Crippen LogP contribution in [0.3, 0.4) is 0 Å². The standard InChI is InChI=1S/C6H12F2N2O2/c1-2-9-5(12)10-3-6(7,8)4-11/h11H,2-4H2,1H3,(H2,9,10,12). The highest BCUT2D eigenvalue weighted by Crippen LogP contribution is 2.09. The third kappa shape index (κ3) is 4.84. The van der Waals surface area contributed by atoms with Gasteiger partial charge in [-0.1, -0.05) is 0 Å². The zero-order chi connectivity index (χ0) is 9.61. The van der Waals surface area contributed by atoms with E-state index in [-0.39, 0.29) is 0 Å². The molecule has 0 aromatic carbocycles. The fraction of sp³-hybridized carbons (Fsp3) is 0.833. The van der Waals surface area contributed by atoms with Crippen LogP contribution in [0.25, 0.3) is 0 Å². The van der Waals surface area contributed by atoms with Gasteiger partial charge in [-0.25, -0.2) is 13.6 Å². The molecule has 0 unspecified atom stereocenters. The van der Waals surface area contributed by atoms with E-state index in [0.29, 0.717) is 6.54 Å². The van der Waals surface area contributed by atoms with E-state index < -0.39 is 25.1 Å². The monoisotopic (exact) mass is 182 g/mol. The molecule has 0 saturated heterocycles. The molecule has 0 bridgehead atoms. The summed E-state index contributed by atoms with van der Waals surface area (Å²) in [7, 11) is 0. The summed E-state index contributed by atoms with van der Waals surface area (Å²) in [5, 5.41) is 12.3. The number of amides is 2. The number of rotatable bonds is 4. The molecular formula is C6H12F2N2O2. The molecule has 0 aliphatic carbocycles. The van der Waals surface area contributed by atoms with Crippen molar-refractivity contribution in [3.05, 3.63) is 0 Å². The van der Waals surface area contributed by atoms with Crippen LogP contribution in [-0.2, 0) is 0 Å². The van der Waals surface area contributed by atoms with Gasteiger partial charge in [0.1, 0.15) is 6.61 Å². The van der Waals surface area contributed by atoms with Crippen LogP contribution < -0.4 is 10.6 Å². The lowest BCUT2D eigenvalue weighted by Crippen LogP contribution is -2.43. The number of halogens is 2. The van der Waals surface area contributed by atoms with E-state index in [9.17, 15) is 13.6 Å². The summed E-state index contributed by atoms with van der Waals surface area (Å²) in [5.41, 5.74) is 0. The second-order valence-corrected chi connectivity index (χ2v) is 2.23. The largest absolute Gasteiger partial charge is 0.390 e. The van der Waals surface area contributed by atoms with Crippen molar-refractivity contribution in [2.45, 2.75) is 12.8 Å². The van der Waals surface area contributed by atoms with E-state index in [4.69, 9.17) is 5.11 Å². The van der Waals surface area contributed by atoms with Gasteiger partial charge in [0.15, 0.2) is 0 Å². The lowest BCUT2D eigenvalue weighted by molar-refractivity contribution is -0.0454. The fourth-order valence-electron chi connectivity index (χ4n) is 0.489. The van der Waals surface area contributed by atoms with Gasteiger partial charge in [0.2, 0.25) is 0 Å². The van der Waals surface area contributed by atoms with Crippen LogP contribution >= 0.6 is 0 Å². The molecule has 0 aliphatic rings. The number of hydrogen-bond acceptors (Lipinski definition) is 2. The maximum Gasteiger partial charge on any atom is 0.314 e. The van der Waals surface area contributed by atoms with Crippen molar-refractivity contribution in [2.75, 3.05) is 19.7 Å². The van der Waals surface area contributed by atoms with E-state index in [0.717, 1.165) is 0 Å². The molecule has 0 atom stereocenters. The van der Waals surface area contributed by atoms with Gasteiger partial charge in [-0.3, -0.25) is 0 Å². The van der Waals surface area contributed by atoms with Crippen LogP contribution in [0.15, 0.2) is 0 Å². The molecular weight excluding hydrogens is 170 g/mol. The Bertz CT molecular complexity index is 152. The van der Waals surface area contributed by atoms with Crippen molar-refractivity contribution in [3.8, 4) is 0 Å². The van der Waals surface area contributed by atoms with Crippen molar-refractivity contribution < 1.29 is 18.7 Å². The molecule has 0 aromatic heterocycles. The van der Waals surface area contributed by atoms with Crippen LogP contribution in [0.2, 0.25) is 0 Å². The summed E-state index contributed by atoms with van der Waals surface area (Å²) in [4.78, 5) is 10.6. The van der Waals surface area contributed by atoms with Gasteiger partial charge in [0, 0.05) is 6.54 Å². The van der Waals surface area contributed by atoms with E-state index in [1.807, 2.05) is 5.32 Å². The highest BCUT2D eigenvalue weighted by molar-refractivity contribution is 5.73. The van der Waals surface area contributed by atoms with Crippen LogP contribution in [0.1, 0.15) is 6.92 Å². The van der Waals surface area contributed by atoms with Gasteiger partial charge >= 0.3 is 6.03 Å². The normalized spacial score (nSPS) is 11.0. The Morgan fingerprint density at radius 2 is 2.08 bits per heavy atom. The first kappa shape index (κ1) is 11.1. The first-order valence-corrected chi connectivity index (χ1v) is 3.52. The van der Waals surface area contributed by atoms with E-state index in [2.05, 4.69) is 5.32 Å². The van der Waals surface area contributed by atoms with Crippen LogP contribution in [0, 0.1) is 0 Å². The van der Waals surface area contributed by atoms with Crippen molar-refractivity contribution in [3.63, 3.8) is 0 Å². The number of aliphatic hydroxyl groups excluding tert-OH is 1. The van der Waals surface area contributed by atoms with Gasteiger partial charge in [-0.2, -0.15) is 0 Å². The third-order valence-electron chi connectivity index (χ3n) is 1.08. The van der Waals surface area contributed by atoms with Crippen molar-refractivity contribution in [2.24, 2.45) is 0 Å². The summed E-state index contributed by atoms with van der Waals surface area (Å²) < 4.78 is 24.5. The molecule has 0 saturated carbocycles. The first-order valence-electron chi connectivity index (χ1n) is 3.52. The summed E-state index contributed by atoms with van der Waals surface area (Å²) in [6.45, 7) is -0.0744. The van der Waals surface area contributed by atoms with Crippen LogP contribution in [0.5, 0.6) is 0 Å². The summed E-state index contributed by atoms with van der Waals surface area (Å²) in [6, 6.07) is -0.661. The highest BCUT2D eigenvalue weighted by atomic mass is 19.3. The Kier molecular flexibility index (Phi) is 4.50. The second kappa shape index (κ2) is 4.87. The van der Waals surface area contributed by atoms with E-state index >= 15 is 0 Å². The average Bonchev–Trinajstić information content (AvgIpc) is 2.02. The van der Waals surface area contributed by atoms with E-state index in [1.165, 1.54) is 0 Å². The number of urea groups is 1. The smallest absolute Gasteiger partial charge is 0.314 e. The predicted octanol–water partition coefficient (Wildman–Crippen LogP) is -0.0669. The molecule has 0 radical (unpaired) electrons. The second-order valence-electron chi connectivity index (χ2n) is 2.23. The third-order valence-corrected chi connectivity index (χ3v) is 1.08. The molecule has 3 N–H and O–H groups in total. The molecule has 0 heterocycles. The first-order chi connectivity index (χ1) is 5.52. The lowest BCUT2D eigenvalue weighted by atomic mass is 10.3. The molecule has 0 aliphatic heterocycles. The zero-order valence-corrected chi connectivity index (χ0v) is 6.73. The van der Waals surface area contributed by atoms with Crippen molar-refractivity contribution >= 4 is 6.03 Å². The predicted molar refractivity (Wildman–Crippen MR) is 39.1 cm³/mol. The number of aliphatic hydroxyl groups is 1. The van der Waals surface area contributed by atoms with Gasteiger partial charge < -0.3 is 15.7 Å². The van der Waals surface area contributed by atoms with Gasteiger partial charge in [0.25, 0.3) is 5.92 Å². The molecule has 0 rings (SSSR count). The minimum Gasteiger partial charge on any atom is -0.390 e. The van der Waals surface area contributed by atoms with Crippen LogP contribution in [-0.4, -0.2) is 36.8 Å². The molecule has 0 fully saturated rings. The SMILES string of the molecule is CCNC(=O)NCC(F)(F)CO. The number of hydrogen-bond donors (Lipinski definition) is 3. The molecule has 72 valence electrons. The minimum atomic E-state index is -3.24. The molecule has 0 aromatic rings. The maximum absolute atomic E-state index is 12.3. The fourth-order valence-corrected chi connectivity index (χ4v) is 0.489. The Morgan fingerprint density at radius 1 is 1.50 bits per heavy atom. The molecule has 12 heavy (non-hydrogen) atoms. The molecule has 0 spiro atoms. The van der Waals surface area contributed by atoms with Crippen molar-refractivity contribution in [1.82, 2.24) is 10.6 Å². The van der Waals surface area contributed by atoms with E-state index in [1.54, 1.807) is 6.92 Å². The number of alkyl halides is 2. The topological polar surface area (TPSA) is 61.4 Å². The van der Waals surface area contributed by atoms with Crippen LogP contribution in [0.4, 0.5) is 13.6 Å². The number of carbonyl (C=O) groups is 1. The molecule has 6 heteroatoms. The average molecular weight is 182 g/mol. The quantitative estimate of drug-likeness (QED) is 0.570. The van der Waals surface area contributed by atoms with Gasteiger partial charge in [0.05, 0.1) is 6.54 Å². The Labute approximate surface area is 69.0 Å². The molecule has 2 amide bonds. The Balaban J connectivity index is 3.60. The Hall–Kier alpha value is -0.910. The maximum atomic E-state index is 12.3. The number of nitrogens with one attached hydrogen (secondary N) is 2.